The number of anilines is 1. The van der Waals surface area contributed by atoms with Gasteiger partial charge >= 0.3 is 10.1 Å². The fourth-order valence-electron chi connectivity index (χ4n) is 2.75. The molecule has 0 aliphatic rings. The number of nitriles is 1. The van der Waals surface area contributed by atoms with E-state index in [2.05, 4.69) is 5.32 Å². The summed E-state index contributed by atoms with van der Waals surface area (Å²) in [6.07, 6.45) is 1.40. The lowest BCUT2D eigenvalue weighted by molar-refractivity contribution is -0.112. The van der Waals surface area contributed by atoms with Gasteiger partial charge in [0, 0.05) is 10.7 Å². The molecule has 1 N–H and O–H groups in total. The van der Waals surface area contributed by atoms with Gasteiger partial charge < -0.3 is 9.50 Å². The predicted molar refractivity (Wildman–Crippen MR) is 124 cm³/mol. The van der Waals surface area contributed by atoms with Gasteiger partial charge in [0.15, 0.2) is 0 Å². The number of rotatable bonds is 6. The fourth-order valence-corrected chi connectivity index (χ4v) is 3.85. The number of nitrogens with zero attached hydrogens (tertiary/aromatic N) is 1. The second-order valence-electron chi connectivity index (χ2n) is 6.96. The van der Waals surface area contributed by atoms with Crippen LogP contribution in [0.5, 0.6) is 5.75 Å². The Kier molecular flexibility index (Phi) is 6.98. The van der Waals surface area contributed by atoms with E-state index in [1.807, 2.05) is 13.0 Å². The highest BCUT2D eigenvalue weighted by Gasteiger charge is 2.16. The number of halogens is 1. The third kappa shape index (κ3) is 5.55. The molecular formula is C24H19ClN2O4S. The smallest absolute Gasteiger partial charge is 0.339 e. The van der Waals surface area contributed by atoms with Gasteiger partial charge in [-0.2, -0.15) is 13.7 Å². The average Bonchev–Trinajstić information content (AvgIpc) is 2.76. The molecule has 0 heterocycles. The Morgan fingerprint density at radius 2 is 1.69 bits per heavy atom. The van der Waals surface area contributed by atoms with Crippen LogP contribution >= 0.6 is 11.6 Å². The molecule has 32 heavy (non-hydrogen) atoms. The maximum Gasteiger partial charge on any atom is 0.339 e. The van der Waals surface area contributed by atoms with Crippen LogP contribution in [0.25, 0.3) is 6.08 Å². The molecule has 0 radical (unpaired) electrons. The van der Waals surface area contributed by atoms with E-state index in [1.54, 1.807) is 49.4 Å². The standard InChI is InChI=1S/C24H19ClN2O4S/c1-16-6-12-21(13-7-16)32(29,30)31-20-10-8-18(9-11-20)14-19(15-26)24(28)27-23-5-3-4-22(25)17(23)2/h3-14H,1-2H3,(H,27,28)/b19-14+. The van der Waals surface area contributed by atoms with Crippen molar-refractivity contribution >= 4 is 39.4 Å². The monoisotopic (exact) mass is 466 g/mol. The summed E-state index contributed by atoms with van der Waals surface area (Å²) in [5, 5.41) is 12.6. The molecule has 8 heteroatoms. The number of benzene rings is 3. The highest BCUT2D eigenvalue weighted by molar-refractivity contribution is 7.87. The van der Waals surface area contributed by atoms with Gasteiger partial charge in [-0.25, -0.2) is 0 Å². The molecule has 0 aliphatic carbocycles. The maximum atomic E-state index is 12.5. The molecule has 1 amide bonds. The van der Waals surface area contributed by atoms with Crippen LogP contribution in [-0.4, -0.2) is 14.3 Å². The minimum absolute atomic E-state index is 0.0480. The van der Waals surface area contributed by atoms with E-state index >= 15 is 0 Å². The third-order valence-corrected chi connectivity index (χ3v) is 6.26. The predicted octanol–water partition coefficient (Wildman–Crippen LogP) is 5.27. The molecule has 0 saturated heterocycles. The number of carbonyl (C=O) groups excluding carboxylic acids is 1. The van der Waals surface area contributed by atoms with Crippen molar-refractivity contribution in [2.45, 2.75) is 18.7 Å². The zero-order valence-corrected chi connectivity index (χ0v) is 18.9. The van der Waals surface area contributed by atoms with Crippen molar-refractivity contribution in [1.29, 1.82) is 5.26 Å². The highest BCUT2D eigenvalue weighted by atomic mass is 35.5. The van der Waals surface area contributed by atoms with Crippen LogP contribution in [0.3, 0.4) is 0 Å². The van der Waals surface area contributed by atoms with Crippen LogP contribution in [0.15, 0.2) is 77.2 Å². The summed E-state index contributed by atoms with van der Waals surface area (Å²) in [5.41, 5.74) is 2.54. The van der Waals surface area contributed by atoms with Crippen molar-refractivity contribution in [2.24, 2.45) is 0 Å². The van der Waals surface area contributed by atoms with Crippen molar-refractivity contribution in [2.75, 3.05) is 5.32 Å². The maximum absolute atomic E-state index is 12.5. The van der Waals surface area contributed by atoms with E-state index in [1.165, 1.54) is 30.3 Å². The minimum Gasteiger partial charge on any atom is -0.379 e. The molecule has 3 aromatic rings. The number of hydrogen-bond acceptors (Lipinski definition) is 5. The van der Waals surface area contributed by atoms with Gasteiger partial charge in [-0.05, 0) is 67.4 Å². The van der Waals surface area contributed by atoms with Crippen LogP contribution < -0.4 is 9.50 Å². The summed E-state index contributed by atoms with van der Waals surface area (Å²) < 4.78 is 30.0. The SMILES string of the molecule is Cc1ccc(S(=O)(=O)Oc2ccc(/C=C(\C#N)C(=O)Nc3cccc(Cl)c3C)cc2)cc1. The number of hydrogen-bond donors (Lipinski definition) is 1. The van der Waals surface area contributed by atoms with Crippen molar-refractivity contribution in [3.63, 3.8) is 0 Å². The van der Waals surface area contributed by atoms with Crippen molar-refractivity contribution in [3.05, 3.63) is 94.0 Å². The number of carbonyl (C=O) groups is 1. The van der Waals surface area contributed by atoms with Gasteiger partial charge in [0.1, 0.15) is 22.3 Å². The quantitative estimate of drug-likeness (QED) is 0.303. The average molecular weight is 467 g/mol. The summed E-state index contributed by atoms with van der Waals surface area (Å²) in [6.45, 7) is 3.62. The van der Waals surface area contributed by atoms with Gasteiger partial charge in [-0.3, -0.25) is 4.79 Å². The Labute approximate surface area is 191 Å². The number of amides is 1. The molecule has 3 aromatic carbocycles. The summed E-state index contributed by atoms with van der Waals surface area (Å²) in [6, 6.07) is 19.3. The Morgan fingerprint density at radius 3 is 2.31 bits per heavy atom. The Hall–Kier alpha value is -3.60. The molecule has 3 rings (SSSR count). The third-order valence-electron chi connectivity index (χ3n) is 4.59. The molecule has 0 aromatic heterocycles. The van der Waals surface area contributed by atoms with E-state index < -0.39 is 16.0 Å². The molecule has 0 atom stereocenters. The zero-order chi connectivity index (χ0) is 23.3. The zero-order valence-electron chi connectivity index (χ0n) is 17.3. The van der Waals surface area contributed by atoms with Crippen LogP contribution in [0.4, 0.5) is 5.69 Å². The lowest BCUT2D eigenvalue weighted by atomic mass is 10.1. The molecule has 0 fully saturated rings. The molecule has 0 saturated carbocycles. The Morgan fingerprint density at radius 1 is 1.03 bits per heavy atom. The van der Waals surface area contributed by atoms with Crippen molar-refractivity contribution in [3.8, 4) is 11.8 Å². The second-order valence-corrected chi connectivity index (χ2v) is 8.91. The summed E-state index contributed by atoms with van der Waals surface area (Å²) in [4.78, 5) is 12.5. The second kappa shape index (κ2) is 9.69. The summed E-state index contributed by atoms with van der Waals surface area (Å²) >= 11 is 6.06. The summed E-state index contributed by atoms with van der Waals surface area (Å²) in [5.74, 6) is -0.472. The first-order valence-corrected chi connectivity index (χ1v) is 11.3. The molecule has 0 bridgehead atoms. The number of nitrogens with one attached hydrogen (secondary N) is 1. The van der Waals surface area contributed by atoms with E-state index in [4.69, 9.17) is 15.8 Å². The normalized spacial score (nSPS) is 11.5. The Balaban J connectivity index is 1.75. The van der Waals surface area contributed by atoms with Gasteiger partial charge in [0.25, 0.3) is 5.91 Å². The first kappa shape index (κ1) is 23.1. The minimum atomic E-state index is -3.97. The Bertz CT molecular complexity index is 1320. The molecule has 162 valence electrons. The van der Waals surface area contributed by atoms with E-state index in [9.17, 15) is 18.5 Å². The topological polar surface area (TPSA) is 96.3 Å². The van der Waals surface area contributed by atoms with E-state index in [-0.39, 0.29) is 16.2 Å². The number of aryl methyl sites for hydroxylation is 1. The van der Waals surface area contributed by atoms with Crippen molar-refractivity contribution in [1.82, 2.24) is 0 Å². The van der Waals surface area contributed by atoms with Crippen LogP contribution in [0.2, 0.25) is 5.02 Å². The van der Waals surface area contributed by atoms with Gasteiger partial charge in [0.2, 0.25) is 0 Å². The summed E-state index contributed by atoms with van der Waals surface area (Å²) in [7, 11) is -3.97. The first-order chi connectivity index (χ1) is 15.2. The molecule has 0 unspecified atom stereocenters. The lowest BCUT2D eigenvalue weighted by Gasteiger charge is -2.09. The lowest BCUT2D eigenvalue weighted by Crippen LogP contribution is -2.14. The molecule has 6 nitrogen and oxygen atoms in total. The fraction of sp³-hybridized carbons (Fsp3) is 0.0833. The largest absolute Gasteiger partial charge is 0.379 e. The van der Waals surface area contributed by atoms with Gasteiger partial charge in [-0.1, -0.05) is 47.5 Å². The van der Waals surface area contributed by atoms with E-state index in [0.29, 0.717) is 21.8 Å². The van der Waals surface area contributed by atoms with Gasteiger partial charge in [-0.15, -0.1) is 0 Å². The van der Waals surface area contributed by atoms with Crippen LogP contribution in [0, 0.1) is 25.2 Å². The highest BCUT2D eigenvalue weighted by Crippen LogP contribution is 2.24. The molecule has 0 aliphatic heterocycles. The molecule has 0 spiro atoms. The first-order valence-electron chi connectivity index (χ1n) is 9.49. The van der Waals surface area contributed by atoms with Crippen LogP contribution in [0.1, 0.15) is 16.7 Å². The van der Waals surface area contributed by atoms with Crippen molar-refractivity contribution < 1.29 is 17.4 Å². The van der Waals surface area contributed by atoms with E-state index in [0.717, 1.165) is 5.56 Å². The van der Waals surface area contributed by atoms with Crippen LogP contribution in [-0.2, 0) is 14.9 Å². The molecular weight excluding hydrogens is 448 g/mol. The van der Waals surface area contributed by atoms with Gasteiger partial charge in [0.05, 0.1) is 0 Å².